The number of thiazole rings is 1. The maximum atomic E-state index is 12.1. The van der Waals surface area contributed by atoms with E-state index in [-0.39, 0.29) is 11.4 Å². The van der Waals surface area contributed by atoms with Gasteiger partial charge in [-0.25, -0.2) is 18.1 Å². The Balaban J connectivity index is 2.05. The van der Waals surface area contributed by atoms with Gasteiger partial charge in [0.05, 0.1) is 11.4 Å². The minimum Gasteiger partial charge on any atom is -0.248 e. The maximum Gasteiger partial charge on any atom is 0.240 e. The molecule has 0 bridgehead atoms. The van der Waals surface area contributed by atoms with Crippen LogP contribution in [0, 0.1) is 6.92 Å². The van der Waals surface area contributed by atoms with Gasteiger partial charge < -0.3 is 0 Å². The van der Waals surface area contributed by atoms with E-state index in [1.54, 1.807) is 30.5 Å². The number of rotatable bonds is 6. The zero-order chi connectivity index (χ0) is 14.6. The highest BCUT2D eigenvalue weighted by molar-refractivity contribution is 7.89. The summed E-state index contributed by atoms with van der Waals surface area (Å²) in [5.74, 6) is 0.522. The van der Waals surface area contributed by atoms with Gasteiger partial charge in [-0.3, -0.25) is 0 Å². The average Bonchev–Trinajstić information content (AvgIpc) is 2.84. The summed E-state index contributed by atoms with van der Waals surface area (Å²) in [4.78, 5) is 5.44. The van der Waals surface area contributed by atoms with Crippen molar-refractivity contribution in [3.63, 3.8) is 0 Å². The molecule has 1 aromatic heterocycles. The van der Waals surface area contributed by atoms with Crippen LogP contribution in [0.5, 0.6) is 0 Å². The highest BCUT2D eigenvalue weighted by Gasteiger charge is 2.14. The second-order valence-corrected chi connectivity index (χ2v) is 7.74. The van der Waals surface area contributed by atoms with Crippen molar-refractivity contribution in [2.45, 2.75) is 24.8 Å². The lowest BCUT2D eigenvalue weighted by molar-refractivity contribution is 0.581. The van der Waals surface area contributed by atoms with Gasteiger partial charge in [0.25, 0.3) is 0 Å². The van der Waals surface area contributed by atoms with Crippen molar-refractivity contribution in [2.75, 3.05) is 5.88 Å². The first-order valence-electron chi connectivity index (χ1n) is 6.07. The van der Waals surface area contributed by atoms with E-state index in [9.17, 15) is 8.42 Å². The van der Waals surface area contributed by atoms with Gasteiger partial charge in [0, 0.05) is 17.0 Å². The molecule has 4 nitrogen and oxygen atoms in total. The molecule has 0 unspecified atom stereocenters. The van der Waals surface area contributed by atoms with Crippen molar-refractivity contribution >= 4 is 33.0 Å². The topological polar surface area (TPSA) is 59.1 Å². The van der Waals surface area contributed by atoms with E-state index in [0.717, 1.165) is 21.9 Å². The molecule has 20 heavy (non-hydrogen) atoms. The summed E-state index contributed by atoms with van der Waals surface area (Å²) >= 11 is 7.13. The Morgan fingerprint density at radius 3 is 2.55 bits per heavy atom. The molecule has 0 atom stereocenters. The number of alkyl halides is 1. The molecule has 0 spiro atoms. The Bertz CT molecular complexity index is 666. The zero-order valence-electron chi connectivity index (χ0n) is 11.0. The number of halogens is 1. The van der Waals surface area contributed by atoms with Crippen LogP contribution in [0.4, 0.5) is 0 Å². The van der Waals surface area contributed by atoms with Crippen molar-refractivity contribution in [3.05, 3.63) is 45.9 Å². The monoisotopic (exact) mass is 330 g/mol. The minimum absolute atomic E-state index is 0.213. The van der Waals surface area contributed by atoms with Crippen molar-refractivity contribution in [2.24, 2.45) is 0 Å². The van der Waals surface area contributed by atoms with Crippen LogP contribution in [-0.2, 0) is 23.0 Å². The van der Waals surface area contributed by atoms with Gasteiger partial charge in [0.2, 0.25) is 10.0 Å². The van der Waals surface area contributed by atoms with E-state index in [2.05, 4.69) is 9.71 Å². The fraction of sp³-hybridized carbons (Fsp3) is 0.308. The fourth-order valence-corrected chi connectivity index (χ4v) is 3.69. The van der Waals surface area contributed by atoms with Crippen molar-refractivity contribution in [3.8, 4) is 0 Å². The lowest BCUT2D eigenvalue weighted by atomic mass is 10.2. The summed E-state index contributed by atoms with van der Waals surface area (Å²) in [6.45, 7) is 2.15. The molecule has 7 heteroatoms. The summed E-state index contributed by atoms with van der Waals surface area (Å²) in [6, 6.07) is 6.75. The standard InChI is InChI=1S/C13H15ClN2O2S2/c1-10-8-15-13(19-10)9-16-20(17,18)12-4-2-11(3-5-12)6-7-14/h2-5,8,16H,6-7,9H2,1H3. The van der Waals surface area contributed by atoms with Gasteiger partial charge in [-0.05, 0) is 31.0 Å². The largest absolute Gasteiger partial charge is 0.248 e. The van der Waals surface area contributed by atoms with Crippen LogP contribution in [0.2, 0.25) is 0 Å². The molecular weight excluding hydrogens is 316 g/mol. The third-order valence-corrected chi connectivity index (χ3v) is 5.22. The molecule has 2 aromatic rings. The van der Waals surface area contributed by atoms with Gasteiger partial charge in [0.15, 0.2) is 0 Å². The molecule has 2 rings (SSSR count). The van der Waals surface area contributed by atoms with E-state index >= 15 is 0 Å². The number of aryl methyl sites for hydroxylation is 2. The van der Waals surface area contributed by atoms with Crippen molar-refractivity contribution in [1.82, 2.24) is 9.71 Å². The van der Waals surface area contributed by atoms with E-state index in [1.165, 1.54) is 11.3 Å². The second kappa shape index (κ2) is 6.67. The molecule has 108 valence electrons. The maximum absolute atomic E-state index is 12.1. The predicted octanol–water partition coefficient (Wildman–Crippen LogP) is 2.71. The summed E-state index contributed by atoms with van der Waals surface area (Å²) in [7, 11) is -3.50. The van der Waals surface area contributed by atoms with Crippen LogP contribution in [0.1, 0.15) is 15.4 Å². The first-order valence-corrected chi connectivity index (χ1v) is 8.90. The molecule has 0 saturated carbocycles. The van der Waals surface area contributed by atoms with Crippen LogP contribution < -0.4 is 4.72 Å². The van der Waals surface area contributed by atoms with Crippen LogP contribution >= 0.6 is 22.9 Å². The number of benzene rings is 1. The number of sulfonamides is 1. The third kappa shape index (κ3) is 4.02. The van der Waals surface area contributed by atoms with Crippen LogP contribution in [-0.4, -0.2) is 19.3 Å². The van der Waals surface area contributed by atoms with E-state index in [1.807, 2.05) is 6.92 Å². The molecule has 0 aliphatic carbocycles. The molecule has 0 fully saturated rings. The Hall–Kier alpha value is -0.950. The highest BCUT2D eigenvalue weighted by Crippen LogP contribution is 2.14. The number of hydrogen-bond donors (Lipinski definition) is 1. The Labute approximate surface area is 127 Å². The molecule has 1 N–H and O–H groups in total. The number of nitrogens with zero attached hydrogens (tertiary/aromatic N) is 1. The molecule has 0 saturated heterocycles. The van der Waals surface area contributed by atoms with Crippen molar-refractivity contribution in [1.29, 1.82) is 0 Å². The molecular formula is C13H15ClN2O2S2. The minimum atomic E-state index is -3.50. The molecule has 0 aliphatic rings. The Morgan fingerprint density at radius 1 is 1.30 bits per heavy atom. The fourth-order valence-electron chi connectivity index (χ4n) is 1.67. The first kappa shape index (κ1) is 15.4. The highest BCUT2D eigenvalue weighted by atomic mass is 35.5. The zero-order valence-corrected chi connectivity index (χ0v) is 13.4. The normalized spacial score (nSPS) is 11.7. The summed E-state index contributed by atoms with van der Waals surface area (Å²) in [5.41, 5.74) is 1.02. The van der Waals surface area contributed by atoms with Crippen LogP contribution in [0.3, 0.4) is 0 Å². The van der Waals surface area contributed by atoms with E-state index in [4.69, 9.17) is 11.6 Å². The number of hydrogen-bond acceptors (Lipinski definition) is 4. The Morgan fingerprint density at radius 2 is 2.00 bits per heavy atom. The molecule has 0 amide bonds. The van der Waals surface area contributed by atoms with Gasteiger partial charge in [-0.15, -0.1) is 22.9 Å². The smallest absolute Gasteiger partial charge is 0.240 e. The van der Waals surface area contributed by atoms with E-state index in [0.29, 0.717) is 5.88 Å². The lowest BCUT2D eigenvalue weighted by Crippen LogP contribution is -2.23. The van der Waals surface area contributed by atoms with Crippen molar-refractivity contribution < 1.29 is 8.42 Å². The third-order valence-electron chi connectivity index (χ3n) is 2.70. The van der Waals surface area contributed by atoms with Gasteiger partial charge in [0.1, 0.15) is 5.01 Å². The predicted molar refractivity (Wildman–Crippen MR) is 81.7 cm³/mol. The summed E-state index contributed by atoms with van der Waals surface area (Å²) in [5, 5.41) is 0.754. The Kier molecular flexibility index (Phi) is 5.15. The average molecular weight is 331 g/mol. The first-order chi connectivity index (χ1) is 9.51. The molecule has 1 heterocycles. The van der Waals surface area contributed by atoms with E-state index < -0.39 is 10.0 Å². The number of nitrogens with one attached hydrogen (secondary N) is 1. The molecule has 0 radical (unpaired) electrons. The number of aromatic nitrogens is 1. The summed E-state index contributed by atoms with van der Waals surface area (Å²) in [6.07, 6.45) is 2.46. The summed E-state index contributed by atoms with van der Waals surface area (Å²) < 4.78 is 26.8. The molecule has 0 aliphatic heterocycles. The molecule has 1 aromatic carbocycles. The lowest BCUT2D eigenvalue weighted by Gasteiger charge is -2.06. The van der Waals surface area contributed by atoms with Gasteiger partial charge >= 0.3 is 0 Å². The van der Waals surface area contributed by atoms with Gasteiger partial charge in [-0.2, -0.15) is 0 Å². The van der Waals surface area contributed by atoms with Crippen LogP contribution in [0.15, 0.2) is 35.4 Å². The van der Waals surface area contributed by atoms with Gasteiger partial charge in [-0.1, -0.05) is 12.1 Å². The second-order valence-electron chi connectivity index (χ2n) is 4.27. The quantitative estimate of drug-likeness (QED) is 0.828. The SMILES string of the molecule is Cc1cnc(CNS(=O)(=O)c2ccc(CCCl)cc2)s1. The van der Waals surface area contributed by atoms with Crippen LogP contribution in [0.25, 0.3) is 0 Å².